The predicted octanol–water partition coefficient (Wildman–Crippen LogP) is -0.928. The highest BCUT2D eigenvalue weighted by Crippen LogP contribution is 2.21. The highest BCUT2D eigenvalue weighted by molar-refractivity contribution is 6.31. The normalized spacial score (nSPS) is 20.8. The lowest BCUT2D eigenvalue weighted by Crippen LogP contribution is -3.26. The van der Waals surface area contributed by atoms with Crippen LogP contribution in [-0.4, -0.2) is 48.2 Å². The van der Waals surface area contributed by atoms with E-state index in [9.17, 15) is 0 Å². The Kier molecular flexibility index (Phi) is 5.13. The van der Waals surface area contributed by atoms with Crippen molar-refractivity contribution in [3.8, 4) is 0 Å². The summed E-state index contributed by atoms with van der Waals surface area (Å²) >= 11 is 6.16. The van der Waals surface area contributed by atoms with Gasteiger partial charge in [0, 0.05) is 10.7 Å². The molecule has 5 N–H and O–H groups in total. The summed E-state index contributed by atoms with van der Waals surface area (Å²) in [6.07, 6.45) is 0. The summed E-state index contributed by atoms with van der Waals surface area (Å²) < 4.78 is 0. The first-order valence-electron chi connectivity index (χ1n) is 8.18. The minimum Gasteiger partial charge on any atom is -0.368 e. The lowest BCUT2D eigenvalue weighted by molar-refractivity contribution is -1.01. The van der Waals surface area contributed by atoms with Crippen LogP contribution in [-0.2, 0) is 6.54 Å². The first kappa shape index (κ1) is 16.9. The molecular formula is C16H24ClN7+2. The Morgan fingerprint density at radius 1 is 1.17 bits per heavy atom. The summed E-state index contributed by atoms with van der Waals surface area (Å²) in [5.41, 5.74) is 7.71. The molecule has 0 radical (unpaired) electrons. The number of quaternary nitrogens is 2. The Hall–Kier alpha value is -1.96. The molecular weight excluding hydrogens is 326 g/mol. The number of rotatable bonds is 4. The number of halogens is 1. The summed E-state index contributed by atoms with van der Waals surface area (Å²) in [5, 5.41) is 3.86. The minimum absolute atomic E-state index is 0.236. The number of nitrogens with one attached hydrogen (secondary N) is 3. The summed E-state index contributed by atoms with van der Waals surface area (Å²) in [7, 11) is 2.23. The first-order valence-corrected chi connectivity index (χ1v) is 8.56. The molecule has 3 rings (SSSR count). The number of aromatic nitrogens is 3. The first-order chi connectivity index (χ1) is 11.5. The summed E-state index contributed by atoms with van der Waals surface area (Å²) in [4.78, 5) is 16.0. The number of hydrogen-bond acceptors (Lipinski definition) is 5. The van der Waals surface area contributed by atoms with Gasteiger partial charge in [0.25, 0.3) is 0 Å². The van der Waals surface area contributed by atoms with Crippen molar-refractivity contribution in [3.05, 3.63) is 34.6 Å². The number of benzene rings is 1. The van der Waals surface area contributed by atoms with Gasteiger partial charge < -0.3 is 20.9 Å². The predicted molar refractivity (Wildman–Crippen MR) is 94.7 cm³/mol. The Balaban J connectivity index is 1.72. The molecule has 0 unspecified atom stereocenters. The van der Waals surface area contributed by atoms with Crippen molar-refractivity contribution in [2.24, 2.45) is 0 Å². The third-order valence-corrected chi connectivity index (χ3v) is 4.75. The van der Waals surface area contributed by atoms with Gasteiger partial charge in [-0.3, -0.25) is 0 Å². The molecule has 0 aliphatic carbocycles. The molecule has 2 aromatic rings. The van der Waals surface area contributed by atoms with Crippen LogP contribution in [0.2, 0.25) is 5.02 Å². The van der Waals surface area contributed by atoms with Crippen molar-refractivity contribution in [2.75, 3.05) is 44.3 Å². The van der Waals surface area contributed by atoms with Crippen LogP contribution in [0.25, 0.3) is 0 Å². The molecule has 1 aromatic heterocycles. The molecule has 7 nitrogen and oxygen atoms in total. The van der Waals surface area contributed by atoms with Gasteiger partial charge in [0.15, 0.2) is 5.82 Å². The van der Waals surface area contributed by atoms with E-state index in [0.29, 0.717) is 11.0 Å². The topological polar surface area (TPSA) is 85.6 Å². The number of nitrogens with zero attached hydrogens (tertiary/aromatic N) is 3. The van der Waals surface area contributed by atoms with Gasteiger partial charge in [-0.1, -0.05) is 17.7 Å². The molecule has 0 atom stereocenters. The Morgan fingerprint density at radius 2 is 1.92 bits per heavy atom. The second-order valence-electron chi connectivity index (χ2n) is 6.41. The fraction of sp³-hybridized carbons (Fsp3) is 0.438. The van der Waals surface area contributed by atoms with Crippen molar-refractivity contribution in [2.45, 2.75) is 13.5 Å². The van der Waals surface area contributed by atoms with Gasteiger partial charge in [0.1, 0.15) is 32.7 Å². The van der Waals surface area contributed by atoms with Crippen LogP contribution in [0, 0.1) is 6.92 Å². The van der Waals surface area contributed by atoms with Crippen molar-refractivity contribution in [3.63, 3.8) is 0 Å². The average molecular weight is 350 g/mol. The molecule has 128 valence electrons. The number of nitrogen functional groups attached to an aromatic ring is 1. The fourth-order valence-corrected chi connectivity index (χ4v) is 2.98. The Bertz CT molecular complexity index is 714. The van der Waals surface area contributed by atoms with Crippen LogP contribution in [0.15, 0.2) is 18.2 Å². The van der Waals surface area contributed by atoms with Gasteiger partial charge in [-0.05, 0) is 24.6 Å². The van der Waals surface area contributed by atoms with E-state index in [1.165, 1.54) is 18.0 Å². The van der Waals surface area contributed by atoms with Crippen molar-refractivity contribution in [1.29, 1.82) is 0 Å². The molecule has 0 spiro atoms. The number of piperazine rings is 1. The molecule has 0 saturated carbocycles. The SMILES string of the molecule is Cc1ccc(Nc2nc(N)nc(C[NH+]3CC[NH+](C)CC3)n2)cc1Cl. The second-order valence-corrected chi connectivity index (χ2v) is 6.81. The lowest BCUT2D eigenvalue weighted by atomic mass is 10.2. The molecule has 2 heterocycles. The van der Waals surface area contributed by atoms with Gasteiger partial charge in [-0.15, -0.1) is 0 Å². The Morgan fingerprint density at radius 3 is 2.62 bits per heavy atom. The summed E-state index contributed by atoms with van der Waals surface area (Å²) in [6.45, 7) is 7.31. The zero-order chi connectivity index (χ0) is 17.1. The lowest BCUT2D eigenvalue weighted by Gasteiger charge is -2.26. The largest absolute Gasteiger partial charge is 0.368 e. The maximum absolute atomic E-state index is 6.16. The van der Waals surface area contributed by atoms with Crippen molar-refractivity contribution in [1.82, 2.24) is 15.0 Å². The van der Waals surface area contributed by atoms with Crippen LogP contribution in [0.4, 0.5) is 17.6 Å². The highest BCUT2D eigenvalue weighted by atomic mass is 35.5. The van der Waals surface area contributed by atoms with Crippen LogP contribution >= 0.6 is 11.6 Å². The maximum atomic E-state index is 6.16. The zero-order valence-electron chi connectivity index (χ0n) is 14.1. The monoisotopic (exact) mass is 349 g/mol. The number of likely N-dealkylation sites (N-methyl/N-ethyl adjacent to an activating group) is 1. The highest BCUT2D eigenvalue weighted by Gasteiger charge is 2.21. The third-order valence-electron chi connectivity index (χ3n) is 4.35. The maximum Gasteiger partial charge on any atom is 0.232 e. The van der Waals surface area contributed by atoms with E-state index < -0.39 is 0 Å². The molecule has 24 heavy (non-hydrogen) atoms. The molecule has 1 aliphatic rings. The van der Waals surface area contributed by atoms with E-state index in [1.807, 2.05) is 25.1 Å². The fourth-order valence-electron chi connectivity index (χ4n) is 2.80. The number of aryl methyl sites for hydroxylation is 1. The van der Waals surface area contributed by atoms with Gasteiger partial charge >= 0.3 is 0 Å². The average Bonchev–Trinajstić information content (AvgIpc) is 2.53. The number of hydrogen-bond donors (Lipinski definition) is 4. The van der Waals surface area contributed by atoms with E-state index in [0.717, 1.165) is 36.7 Å². The summed E-state index contributed by atoms with van der Waals surface area (Å²) in [6, 6.07) is 5.74. The smallest absolute Gasteiger partial charge is 0.232 e. The zero-order valence-corrected chi connectivity index (χ0v) is 14.8. The van der Waals surface area contributed by atoms with Gasteiger partial charge in [0.05, 0.1) is 7.05 Å². The van der Waals surface area contributed by atoms with Crippen molar-refractivity contribution >= 4 is 29.2 Å². The van der Waals surface area contributed by atoms with E-state index in [4.69, 9.17) is 17.3 Å². The summed E-state index contributed by atoms with van der Waals surface area (Å²) in [5.74, 6) is 1.41. The molecule has 0 bridgehead atoms. The van der Waals surface area contributed by atoms with Gasteiger partial charge in [0.2, 0.25) is 11.9 Å². The molecule has 1 aromatic carbocycles. The molecule has 1 fully saturated rings. The number of nitrogens with two attached hydrogens (primary N) is 1. The standard InChI is InChI=1S/C16H22ClN7/c1-11-3-4-12(9-13(11)17)19-16-21-14(20-15(18)22-16)10-24-7-5-23(2)6-8-24/h3-4,9H,5-8,10H2,1-2H3,(H3,18,19,20,21,22)/p+2. The quantitative estimate of drug-likeness (QED) is 0.573. The molecule has 8 heteroatoms. The third kappa shape index (κ3) is 4.31. The van der Waals surface area contributed by atoms with E-state index >= 15 is 0 Å². The molecule has 1 saturated heterocycles. The van der Waals surface area contributed by atoms with Crippen molar-refractivity contribution < 1.29 is 9.80 Å². The van der Waals surface area contributed by atoms with Crippen LogP contribution in [0.5, 0.6) is 0 Å². The van der Waals surface area contributed by atoms with Crippen LogP contribution < -0.4 is 20.9 Å². The molecule has 1 aliphatic heterocycles. The number of anilines is 3. The van der Waals surface area contributed by atoms with E-state index in [1.54, 1.807) is 4.90 Å². The Labute approximate surface area is 146 Å². The van der Waals surface area contributed by atoms with Gasteiger partial charge in [-0.25, -0.2) is 0 Å². The van der Waals surface area contributed by atoms with E-state index in [2.05, 4.69) is 27.3 Å². The van der Waals surface area contributed by atoms with Crippen LogP contribution in [0.3, 0.4) is 0 Å². The molecule has 0 amide bonds. The second kappa shape index (κ2) is 7.29. The van der Waals surface area contributed by atoms with Gasteiger partial charge in [-0.2, -0.15) is 15.0 Å². The van der Waals surface area contributed by atoms with Crippen LogP contribution in [0.1, 0.15) is 11.4 Å². The van der Waals surface area contributed by atoms with E-state index in [-0.39, 0.29) is 5.95 Å². The minimum atomic E-state index is 0.236.